The van der Waals surface area contributed by atoms with Crippen molar-refractivity contribution in [3.05, 3.63) is 65.7 Å². The Hall–Kier alpha value is -3.23. The topological polar surface area (TPSA) is 106 Å². The van der Waals surface area contributed by atoms with Crippen LogP contribution in [0.15, 0.2) is 55.1 Å². The van der Waals surface area contributed by atoms with Gasteiger partial charge in [0.05, 0.1) is 17.6 Å². The van der Waals surface area contributed by atoms with E-state index in [9.17, 15) is 0 Å². The van der Waals surface area contributed by atoms with E-state index >= 15 is 0 Å². The number of fused-ring (bicyclic) bond motifs is 1. The van der Waals surface area contributed by atoms with Crippen LogP contribution in [0.1, 0.15) is 31.2 Å². The van der Waals surface area contributed by atoms with Crippen LogP contribution >= 0.6 is 11.6 Å². The van der Waals surface area contributed by atoms with Crippen LogP contribution in [0, 0.1) is 0 Å². The molecule has 1 saturated carbocycles. The van der Waals surface area contributed by atoms with Crippen molar-refractivity contribution in [2.75, 3.05) is 10.6 Å². The molecule has 0 atom stereocenters. The fourth-order valence-corrected chi connectivity index (χ4v) is 4.27. The molecule has 0 aliphatic heterocycles. The highest BCUT2D eigenvalue weighted by atomic mass is 35.5. The fraction of sp³-hybridized carbons (Fsp3) is 0.304. The first-order chi connectivity index (χ1) is 15.7. The van der Waals surface area contributed by atoms with E-state index in [1.165, 1.54) is 0 Å². The quantitative estimate of drug-likeness (QED) is 0.407. The summed E-state index contributed by atoms with van der Waals surface area (Å²) in [5.41, 5.74) is 9.46. The highest BCUT2D eigenvalue weighted by Crippen LogP contribution is 2.26. The van der Waals surface area contributed by atoms with Gasteiger partial charge < -0.3 is 16.4 Å². The number of imidazole rings is 1. The summed E-state index contributed by atoms with van der Waals surface area (Å²) in [5, 5.41) is 7.52. The van der Waals surface area contributed by atoms with Crippen molar-refractivity contribution >= 4 is 29.0 Å². The molecule has 0 unspecified atom stereocenters. The van der Waals surface area contributed by atoms with E-state index in [4.69, 9.17) is 17.3 Å². The highest BCUT2D eigenvalue weighted by Gasteiger charge is 2.20. The Balaban J connectivity index is 1.37. The molecule has 0 amide bonds. The molecule has 1 aliphatic rings. The Morgan fingerprint density at radius 3 is 2.72 bits per heavy atom. The number of hydrogen-bond acceptors (Lipinski definition) is 7. The van der Waals surface area contributed by atoms with Gasteiger partial charge in [-0.15, -0.1) is 0 Å². The Morgan fingerprint density at radius 2 is 1.88 bits per heavy atom. The van der Waals surface area contributed by atoms with E-state index in [0.717, 1.165) is 54.1 Å². The fourth-order valence-electron chi connectivity index (χ4n) is 4.07. The minimum Gasteiger partial charge on any atom is -0.364 e. The Labute approximate surface area is 191 Å². The number of nitrogens with zero attached hydrogens (tertiary/aromatic N) is 5. The number of rotatable bonds is 6. The number of benzene rings is 1. The first kappa shape index (κ1) is 20.7. The summed E-state index contributed by atoms with van der Waals surface area (Å²) in [4.78, 5) is 18.2. The molecule has 32 heavy (non-hydrogen) atoms. The summed E-state index contributed by atoms with van der Waals surface area (Å²) in [6.45, 7) is 0.541. The maximum absolute atomic E-state index is 6.25. The Kier molecular flexibility index (Phi) is 5.87. The molecule has 3 aromatic heterocycles. The van der Waals surface area contributed by atoms with Crippen molar-refractivity contribution in [3.8, 4) is 11.4 Å². The van der Waals surface area contributed by atoms with Crippen molar-refractivity contribution in [1.82, 2.24) is 24.3 Å². The summed E-state index contributed by atoms with van der Waals surface area (Å²) in [6.07, 6.45) is 11.4. The van der Waals surface area contributed by atoms with Gasteiger partial charge in [0, 0.05) is 42.2 Å². The summed E-state index contributed by atoms with van der Waals surface area (Å²) in [7, 11) is 0. The van der Waals surface area contributed by atoms with Gasteiger partial charge in [0.2, 0.25) is 5.95 Å². The van der Waals surface area contributed by atoms with Crippen LogP contribution in [0.25, 0.3) is 17.0 Å². The summed E-state index contributed by atoms with van der Waals surface area (Å²) < 4.78 is 2.00. The molecule has 0 bridgehead atoms. The van der Waals surface area contributed by atoms with Crippen LogP contribution in [0.5, 0.6) is 0 Å². The minimum atomic E-state index is 0.313. The smallest absolute Gasteiger partial charge is 0.223 e. The maximum atomic E-state index is 6.25. The zero-order valence-electron chi connectivity index (χ0n) is 17.6. The van der Waals surface area contributed by atoms with E-state index in [2.05, 4.69) is 30.6 Å². The molecule has 5 rings (SSSR count). The first-order valence-corrected chi connectivity index (χ1v) is 11.2. The van der Waals surface area contributed by atoms with Gasteiger partial charge in [0.15, 0.2) is 11.5 Å². The Morgan fingerprint density at radius 1 is 1.03 bits per heavy atom. The largest absolute Gasteiger partial charge is 0.364 e. The number of halogens is 1. The van der Waals surface area contributed by atoms with Crippen LogP contribution < -0.4 is 16.4 Å². The zero-order chi connectivity index (χ0) is 21.9. The van der Waals surface area contributed by atoms with Gasteiger partial charge in [-0.25, -0.2) is 19.9 Å². The number of aromatic nitrogens is 5. The average Bonchev–Trinajstić information content (AvgIpc) is 3.26. The lowest BCUT2D eigenvalue weighted by Crippen LogP contribution is -2.33. The standard InChI is InChI=1S/C23H25ClN8/c24-18-4-2-1-3-15(18)13-29-23-27-10-9-19(31-23)20-14-28-22-21(26-11-12-32(20)22)30-17-7-5-16(25)6-8-17/h1-4,9-12,14,16-17H,5-8,13,25H2,(H,26,30)(H,27,29,31). The van der Waals surface area contributed by atoms with Gasteiger partial charge >= 0.3 is 0 Å². The highest BCUT2D eigenvalue weighted by molar-refractivity contribution is 6.31. The van der Waals surface area contributed by atoms with E-state index < -0.39 is 0 Å². The van der Waals surface area contributed by atoms with Crippen LogP contribution in [-0.2, 0) is 6.54 Å². The molecule has 1 aliphatic carbocycles. The minimum absolute atomic E-state index is 0.313. The molecule has 0 radical (unpaired) electrons. The van der Waals surface area contributed by atoms with Gasteiger partial charge in [-0.2, -0.15) is 0 Å². The van der Waals surface area contributed by atoms with Gasteiger partial charge in [-0.3, -0.25) is 4.40 Å². The van der Waals surface area contributed by atoms with Crippen molar-refractivity contribution in [2.24, 2.45) is 5.73 Å². The van der Waals surface area contributed by atoms with Crippen molar-refractivity contribution in [3.63, 3.8) is 0 Å². The van der Waals surface area contributed by atoms with E-state index in [1.54, 1.807) is 12.4 Å². The monoisotopic (exact) mass is 448 g/mol. The molecule has 4 N–H and O–H groups in total. The molecule has 0 saturated heterocycles. The normalized spacial score (nSPS) is 18.6. The number of anilines is 2. The predicted molar refractivity (Wildman–Crippen MR) is 127 cm³/mol. The lowest BCUT2D eigenvalue weighted by atomic mass is 9.92. The second-order valence-electron chi connectivity index (χ2n) is 8.08. The molecule has 9 heteroatoms. The molecule has 3 heterocycles. The maximum Gasteiger partial charge on any atom is 0.223 e. The summed E-state index contributed by atoms with van der Waals surface area (Å²) >= 11 is 6.25. The van der Waals surface area contributed by atoms with Gasteiger partial charge in [-0.1, -0.05) is 29.8 Å². The molecule has 1 fully saturated rings. The molecular weight excluding hydrogens is 424 g/mol. The lowest BCUT2D eigenvalue weighted by Gasteiger charge is -2.27. The van der Waals surface area contributed by atoms with Gasteiger partial charge in [0.25, 0.3) is 0 Å². The third kappa shape index (κ3) is 4.37. The van der Waals surface area contributed by atoms with E-state index in [0.29, 0.717) is 29.6 Å². The number of nitrogens with two attached hydrogens (primary N) is 1. The predicted octanol–water partition coefficient (Wildman–Crippen LogP) is 4.13. The molecule has 8 nitrogen and oxygen atoms in total. The second-order valence-corrected chi connectivity index (χ2v) is 8.49. The van der Waals surface area contributed by atoms with Gasteiger partial charge in [0.1, 0.15) is 0 Å². The molecule has 0 spiro atoms. The molecular formula is C23H25ClN8. The summed E-state index contributed by atoms with van der Waals surface area (Å²) in [5.74, 6) is 1.31. The lowest BCUT2D eigenvalue weighted by molar-refractivity contribution is 0.410. The Bertz CT molecular complexity index is 1220. The third-order valence-corrected chi connectivity index (χ3v) is 6.22. The second kappa shape index (κ2) is 9.10. The van der Waals surface area contributed by atoms with Crippen LogP contribution in [0.2, 0.25) is 5.02 Å². The van der Waals surface area contributed by atoms with Crippen LogP contribution in [0.3, 0.4) is 0 Å². The van der Waals surface area contributed by atoms with Crippen molar-refractivity contribution in [1.29, 1.82) is 0 Å². The number of hydrogen-bond donors (Lipinski definition) is 3. The third-order valence-electron chi connectivity index (χ3n) is 5.85. The molecule has 1 aromatic carbocycles. The average molecular weight is 449 g/mol. The van der Waals surface area contributed by atoms with E-state index in [1.807, 2.05) is 47.1 Å². The van der Waals surface area contributed by atoms with Crippen molar-refractivity contribution in [2.45, 2.75) is 44.3 Å². The molecule has 164 valence electrons. The van der Waals surface area contributed by atoms with Crippen molar-refractivity contribution < 1.29 is 0 Å². The van der Waals surface area contributed by atoms with Crippen LogP contribution in [-0.4, -0.2) is 36.4 Å². The summed E-state index contributed by atoms with van der Waals surface area (Å²) in [6, 6.07) is 10.3. The zero-order valence-corrected chi connectivity index (χ0v) is 18.3. The van der Waals surface area contributed by atoms with Crippen LogP contribution in [0.4, 0.5) is 11.8 Å². The van der Waals surface area contributed by atoms with Gasteiger partial charge in [-0.05, 0) is 43.4 Å². The first-order valence-electron chi connectivity index (χ1n) is 10.8. The molecule has 4 aromatic rings. The van der Waals surface area contributed by atoms with E-state index in [-0.39, 0.29) is 0 Å². The number of nitrogens with one attached hydrogen (secondary N) is 2. The SMILES string of the molecule is NC1CCC(Nc2nccn3c(-c4ccnc(NCc5ccccc5Cl)n4)cnc23)CC1.